The zero-order valence-electron chi connectivity index (χ0n) is 13.9. The van der Waals surface area contributed by atoms with Gasteiger partial charge in [-0.15, -0.1) is 0 Å². The highest BCUT2D eigenvalue weighted by Crippen LogP contribution is 2.40. The third-order valence-corrected chi connectivity index (χ3v) is 4.63. The quantitative estimate of drug-likeness (QED) is 0.549. The topological polar surface area (TPSA) is 45.2 Å². The molecule has 0 bridgehead atoms. The van der Waals surface area contributed by atoms with Crippen molar-refractivity contribution in [2.24, 2.45) is 0 Å². The average molecular weight is 329 g/mol. The summed E-state index contributed by atoms with van der Waals surface area (Å²) in [6.07, 6.45) is 2.03. The second-order valence-corrected chi connectivity index (χ2v) is 6.05. The second kappa shape index (κ2) is 6.36. The van der Waals surface area contributed by atoms with Gasteiger partial charge >= 0.3 is 0 Å². The predicted molar refractivity (Wildman–Crippen MR) is 100 cm³/mol. The van der Waals surface area contributed by atoms with Crippen molar-refractivity contribution in [2.75, 3.05) is 7.11 Å². The monoisotopic (exact) mass is 329 g/mol. The number of rotatable bonds is 4. The van der Waals surface area contributed by atoms with Gasteiger partial charge in [0, 0.05) is 28.6 Å². The zero-order chi connectivity index (χ0) is 17.2. The molecular formula is C22H19NO2. The van der Waals surface area contributed by atoms with E-state index in [1.807, 2.05) is 48.7 Å². The Morgan fingerprint density at radius 2 is 1.56 bits per heavy atom. The Hall–Kier alpha value is -3.20. The number of ether oxygens (including phenoxy) is 1. The van der Waals surface area contributed by atoms with E-state index in [0.29, 0.717) is 5.75 Å². The Morgan fingerprint density at radius 3 is 2.32 bits per heavy atom. The molecule has 2 N–H and O–H groups in total. The summed E-state index contributed by atoms with van der Waals surface area (Å²) in [5.74, 6) is 1.05. The van der Waals surface area contributed by atoms with Crippen LogP contribution in [0.2, 0.25) is 0 Å². The number of H-pyrrole nitrogens is 1. The molecule has 0 aliphatic heterocycles. The number of benzene rings is 3. The van der Waals surface area contributed by atoms with Crippen molar-refractivity contribution in [2.45, 2.75) is 5.92 Å². The molecule has 4 rings (SSSR count). The fraction of sp³-hybridized carbons (Fsp3) is 0.0909. The largest absolute Gasteiger partial charge is 0.508 e. The van der Waals surface area contributed by atoms with E-state index in [4.69, 9.17) is 4.74 Å². The Kier molecular flexibility index (Phi) is 3.90. The number of hydrogen-bond donors (Lipinski definition) is 2. The summed E-state index contributed by atoms with van der Waals surface area (Å²) in [6.45, 7) is 0. The lowest BCUT2D eigenvalue weighted by Gasteiger charge is -2.19. The maximum Gasteiger partial charge on any atom is 0.119 e. The van der Waals surface area contributed by atoms with Crippen LogP contribution in [0, 0.1) is 0 Å². The highest BCUT2D eigenvalue weighted by molar-refractivity contribution is 5.85. The highest BCUT2D eigenvalue weighted by atomic mass is 16.5. The van der Waals surface area contributed by atoms with Crippen LogP contribution >= 0.6 is 0 Å². The number of aromatic nitrogens is 1. The van der Waals surface area contributed by atoms with Gasteiger partial charge in [-0.2, -0.15) is 0 Å². The van der Waals surface area contributed by atoms with Crippen molar-refractivity contribution in [3.8, 4) is 11.5 Å². The first kappa shape index (κ1) is 15.3. The molecule has 0 amide bonds. The molecule has 1 heterocycles. The van der Waals surface area contributed by atoms with Gasteiger partial charge in [-0.05, 0) is 35.4 Å². The van der Waals surface area contributed by atoms with E-state index < -0.39 is 0 Å². The summed E-state index contributed by atoms with van der Waals surface area (Å²) >= 11 is 0. The van der Waals surface area contributed by atoms with E-state index in [1.165, 1.54) is 0 Å². The summed E-state index contributed by atoms with van der Waals surface area (Å²) < 4.78 is 5.28. The van der Waals surface area contributed by atoms with Crippen molar-refractivity contribution in [3.05, 3.63) is 95.7 Å². The lowest BCUT2D eigenvalue weighted by Crippen LogP contribution is -2.03. The third kappa shape index (κ3) is 2.74. The number of phenolic OH excluding ortho intramolecular Hbond substituents is 1. The number of fused-ring (bicyclic) bond motifs is 1. The number of hydrogen-bond acceptors (Lipinski definition) is 2. The van der Waals surface area contributed by atoms with Crippen LogP contribution in [0.1, 0.15) is 22.6 Å². The standard InChI is InChI=1S/C22H19NO2/c1-25-16-12-10-15(11-13-16)22(18-7-3-5-9-21(18)24)19-14-23-20-8-4-2-6-17(19)20/h2-14,22-24H,1H3/t22-/m0/s1. The second-order valence-electron chi connectivity index (χ2n) is 6.05. The highest BCUT2D eigenvalue weighted by Gasteiger charge is 2.22. The van der Waals surface area contributed by atoms with Crippen molar-refractivity contribution in [3.63, 3.8) is 0 Å². The van der Waals surface area contributed by atoms with E-state index >= 15 is 0 Å². The van der Waals surface area contributed by atoms with Crippen LogP contribution in [-0.2, 0) is 0 Å². The maximum atomic E-state index is 10.5. The number of phenols is 1. The van der Waals surface area contributed by atoms with Crippen LogP contribution in [0.5, 0.6) is 11.5 Å². The van der Waals surface area contributed by atoms with Gasteiger partial charge in [0.05, 0.1) is 7.11 Å². The molecule has 4 aromatic rings. The normalized spacial score (nSPS) is 12.2. The van der Waals surface area contributed by atoms with Crippen molar-refractivity contribution in [1.82, 2.24) is 4.98 Å². The summed E-state index contributed by atoms with van der Waals surface area (Å²) in [5, 5.41) is 11.6. The van der Waals surface area contributed by atoms with Crippen molar-refractivity contribution in [1.29, 1.82) is 0 Å². The molecule has 124 valence electrons. The van der Waals surface area contributed by atoms with Gasteiger partial charge in [0.1, 0.15) is 11.5 Å². The molecule has 0 saturated carbocycles. The molecule has 1 aromatic heterocycles. The smallest absolute Gasteiger partial charge is 0.119 e. The van der Waals surface area contributed by atoms with E-state index in [0.717, 1.165) is 33.3 Å². The number of nitrogens with one attached hydrogen (secondary N) is 1. The molecule has 3 heteroatoms. The fourth-order valence-corrected chi connectivity index (χ4v) is 3.39. The predicted octanol–water partition coefficient (Wildman–Crippen LogP) is 5.06. The summed E-state index contributed by atoms with van der Waals surface area (Å²) in [5.41, 5.74) is 4.22. The molecule has 0 aliphatic carbocycles. The number of methoxy groups -OCH3 is 1. The molecule has 25 heavy (non-hydrogen) atoms. The van der Waals surface area contributed by atoms with Gasteiger partial charge in [-0.1, -0.05) is 48.5 Å². The molecule has 3 aromatic carbocycles. The van der Waals surface area contributed by atoms with Gasteiger partial charge in [0.2, 0.25) is 0 Å². The molecule has 0 radical (unpaired) electrons. The van der Waals surface area contributed by atoms with Crippen molar-refractivity contribution >= 4 is 10.9 Å². The van der Waals surface area contributed by atoms with Crippen LogP contribution in [0.3, 0.4) is 0 Å². The molecule has 0 aliphatic rings. The van der Waals surface area contributed by atoms with E-state index in [9.17, 15) is 5.11 Å². The number of aromatic amines is 1. The minimum absolute atomic E-state index is 0.0664. The minimum Gasteiger partial charge on any atom is -0.508 e. The van der Waals surface area contributed by atoms with Crippen LogP contribution in [-0.4, -0.2) is 17.2 Å². The molecule has 1 atom stereocenters. The van der Waals surface area contributed by atoms with Crippen LogP contribution < -0.4 is 4.74 Å². The fourth-order valence-electron chi connectivity index (χ4n) is 3.39. The number of aromatic hydroxyl groups is 1. The van der Waals surface area contributed by atoms with Gasteiger partial charge < -0.3 is 14.8 Å². The maximum absolute atomic E-state index is 10.5. The molecule has 0 spiro atoms. The first-order chi connectivity index (χ1) is 12.3. The Morgan fingerprint density at radius 1 is 0.840 bits per heavy atom. The molecule has 0 saturated heterocycles. The van der Waals surface area contributed by atoms with Gasteiger partial charge in [-0.25, -0.2) is 0 Å². The molecular weight excluding hydrogens is 310 g/mol. The van der Waals surface area contributed by atoms with Gasteiger partial charge in [0.15, 0.2) is 0 Å². The Balaban J connectivity index is 1.93. The first-order valence-corrected chi connectivity index (χ1v) is 8.26. The summed E-state index contributed by atoms with van der Waals surface area (Å²) in [4.78, 5) is 3.34. The Labute approximate surface area is 146 Å². The van der Waals surface area contributed by atoms with E-state index in [-0.39, 0.29) is 5.92 Å². The van der Waals surface area contributed by atoms with E-state index in [1.54, 1.807) is 13.2 Å². The number of para-hydroxylation sites is 2. The summed E-state index contributed by atoms with van der Waals surface area (Å²) in [6, 6.07) is 23.8. The van der Waals surface area contributed by atoms with Gasteiger partial charge in [-0.3, -0.25) is 0 Å². The summed E-state index contributed by atoms with van der Waals surface area (Å²) in [7, 11) is 1.66. The lowest BCUT2D eigenvalue weighted by atomic mass is 9.84. The Bertz CT molecular complexity index is 1000. The first-order valence-electron chi connectivity index (χ1n) is 8.26. The zero-order valence-corrected chi connectivity index (χ0v) is 13.9. The lowest BCUT2D eigenvalue weighted by molar-refractivity contribution is 0.414. The van der Waals surface area contributed by atoms with Crippen LogP contribution in [0.15, 0.2) is 79.0 Å². The molecule has 3 nitrogen and oxygen atoms in total. The SMILES string of the molecule is COc1ccc([C@@H](c2ccccc2O)c2c[nH]c3ccccc23)cc1. The third-order valence-electron chi connectivity index (χ3n) is 4.63. The molecule has 0 unspecified atom stereocenters. The minimum atomic E-state index is -0.0664. The van der Waals surface area contributed by atoms with E-state index in [2.05, 4.69) is 29.2 Å². The van der Waals surface area contributed by atoms with Gasteiger partial charge in [0.25, 0.3) is 0 Å². The van der Waals surface area contributed by atoms with Crippen LogP contribution in [0.4, 0.5) is 0 Å². The van der Waals surface area contributed by atoms with Crippen LogP contribution in [0.25, 0.3) is 10.9 Å². The van der Waals surface area contributed by atoms with Crippen molar-refractivity contribution < 1.29 is 9.84 Å². The average Bonchev–Trinajstić information content (AvgIpc) is 3.08. The molecule has 0 fully saturated rings.